The van der Waals surface area contributed by atoms with Gasteiger partial charge in [-0.05, 0) is 29.1 Å². The van der Waals surface area contributed by atoms with Crippen molar-refractivity contribution in [3.05, 3.63) is 69.6 Å². The minimum absolute atomic E-state index is 0.0852. The van der Waals surface area contributed by atoms with Crippen molar-refractivity contribution in [2.45, 2.75) is 6.54 Å². The first kappa shape index (κ1) is 15.2. The minimum atomic E-state index is -0.146. The lowest BCUT2D eigenvalue weighted by Crippen LogP contribution is -2.21. The zero-order chi connectivity index (χ0) is 16.4. The van der Waals surface area contributed by atoms with Gasteiger partial charge in [0.1, 0.15) is 0 Å². The third kappa shape index (κ3) is 2.70. The van der Waals surface area contributed by atoms with E-state index < -0.39 is 0 Å². The van der Waals surface area contributed by atoms with Gasteiger partial charge in [-0.2, -0.15) is 4.99 Å². The van der Waals surface area contributed by atoms with E-state index in [4.69, 9.17) is 11.6 Å². The van der Waals surface area contributed by atoms with Gasteiger partial charge in [-0.15, -0.1) is 0 Å². The highest BCUT2D eigenvalue weighted by molar-refractivity contribution is 6.31. The summed E-state index contributed by atoms with van der Waals surface area (Å²) in [5.74, 6) is 0. The second-order valence-corrected chi connectivity index (χ2v) is 5.59. The first-order valence-electron chi connectivity index (χ1n) is 7.03. The number of aliphatic imine (C=N–C) groups is 1. The van der Waals surface area contributed by atoms with Gasteiger partial charge in [-0.25, -0.2) is 4.79 Å². The largest absolute Gasteiger partial charge is 0.313 e. The van der Waals surface area contributed by atoms with E-state index in [1.54, 1.807) is 25.2 Å². The van der Waals surface area contributed by atoms with Gasteiger partial charge in [0, 0.05) is 23.0 Å². The van der Waals surface area contributed by atoms with E-state index in [9.17, 15) is 9.59 Å². The van der Waals surface area contributed by atoms with Crippen molar-refractivity contribution in [2.24, 2.45) is 12.0 Å². The van der Waals surface area contributed by atoms with Crippen LogP contribution in [0.3, 0.4) is 0 Å². The number of rotatable bonds is 3. The molecule has 2 aromatic carbocycles. The second kappa shape index (κ2) is 6.21. The summed E-state index contributed by atoms with van der Waals surface area (Å²) in [5.41, 5.74) is 2.29. The molecule has 114 valence electrons. The summed E-state index contributed by atoms with van der Waals surface area (Å²) >= 11 is 6.13. The third-order valence-corrected chi connectivity index (χ3v) is 4.07. The van der Waals surface area contributed by atoms with Crippen LogP contribution in [0.2, 0.25) is 5.02 Å². The van der Waals surface area contributed by atoms with Gasteiger partial charge >= 0.3 is 0 Å². The molecule has 0 spiro atoms. The van der Waals surface area contributed by atoms with E-state index >= 15 is 0 Å². The Hall–Kier alpha value is -2.68. The number of isocyanates is 1. The van der Waals surface area contributed by atoms with E-state index in [-0.39, 0.29) is 12.1 Å². The molecule has 0 radical (unpaired) electrons. The number of nitrogens with zero attached hydrogens (tertiary/aromatic N) is 2. The van der Waals surface area contributed by atoms with E-state index in [1.807, 2.05) is 30.3 Å². The summed E-state index contributed by atoms with van der Waals surface area (Å²) in [5, 5.41) is 1.88. The van der Waals surface area contributed by atoms with Gasteiger partial charge in [0.25, 0.3) is 5.56 Å². The van der Waals surface area contributed by atoms with Crippen molar-refractivity contribution < 1.29 is 4.79 Å². The van der Waals surface area contributed by atoms with Crippen LogP contribution < -0.4 is 5.56 Å². The normalized spacial score (nSPS) is 10.5. The minimum Gasteiger partial charge on any atom is -0.313 e. The molecular formula is C18H13ClN2O2. The van der Waals surface area contributed by atoms with Crippen LogP contribution in [0, 0.1) is 0 Å². The predicted octanol–water partition coefficient (Wildman–Crippen LogP) is 3.69. The number of halogens is 1. The zero-order valence-corrected chi connectivity index (χ0v) is 13.2. The SMILES string of the molecule is Cn1c(CN=C=O)c(-c2ccccc2)c2cc(Cl)ccc2c1=O. The maximum absolute atomic E-state index is 12.6. The van der Waals surface area contributed by atoms with Crippen LogP contribution in [0.25, 0.3) is 21.9 Å². The van der Waals surface area contributed by atoms with Crippen LogP contribution in [-0.4, -0.2) is 10.6 Å². The fourth-order valence-electron chi connectivity index (χ4n) is 2.76. The fraction of sp³-hybridized carbons (Fsp3) is 0.111. The Morgan fingerprint density at radius 2 is 1.87 bits per heavy atom. The zero-order valence-electron chi connectivity index (χ0n) is 12.4. The average Bonchev–Trinajstić information content (AvgIpc) is 2.57. The van der Waals surface area contributed by atoms with Crippen LogP contribution in [0.15, 0.2) is 58.3 Å². The molecule has 23 heavy (non-hydrogen) atoms. The smallest absolute Gasteiger partial charge is 0.258 e. The number of fused-ring (bicyclic) bond motifs is 1. The quantitative estimate of drug-likeness (QED) is 0.545. The molecule has 0 atom stereocenters. The molecule has 3 rings (SSSR count). The van der Waals surface area contributed by atoms with Gasteiger partial charge in [-0.3, -0.25) is 4.79 Å². The Morgan fingerprint density at radius 3 is 2.57 bits per heavy atom. The monoisotopic (exact) mass is 324 g/mol. The van der Waals surface area contributed by atoms with Gasteiger partial charge in [0.15, 0.2) is 0 Å². The van der Waals surface area contributed by atoms with Crippen molar-refractivity contribution in [3.8, 4) is 11.1 Å². The van der Waals surface area contributed by atoms with Crippen LogP contribution >= 0.6 is 11.6 Å². The van der Waals surface area contributed by atoms with E-state index in [2.05, 4.69) is 4.99 Å². The van der Waals surface area contributed by atoms with Crippen molar-refractivity contribution in [1.29, 1.82) is 0 Å². The molecule has 0 bridgehead atoms. The maximum Gasteiger partial charge on any atom is 0.258 e. The summed E-state index contributed by atoms with van der Waals surface area (Å²) in [6.07, 6.45) is 1.53. The summed E-state index contributed by atoms with van der Waals surface area (Å²) < 4.78 is 1.53. The molecule has 0 aliphatic heterocycles. The number of carbonyl (C=O) groups excluding carboxylic acids is 1. The van der Waals surface area contributed by atoms with Gasteiger partial charge in [0.2, 0.25) is 6.08 Å². The molecule has 3 aromatic rings. The van der Waals surface area contributed by atoms with Crippen LogP contribution in [0.4, 0.5) is 0 Å². The van der Waals surface area contributed by atoms with Gasteiger partial charge in [-0.1, -0.05) is 41.9 Å². The lowest BCUT2D eigenvalue weighted by atomic mass is 9.97. The van der Waals surface area contributed by atoms with Crippen LogP contribution in [-0.2, 0) is 18.4 Å². The number of hydrogen-bond donors (Lipinski definition) is 0. The lowest BCUT2D eigenvalue weighted by Gasteiger charge is -2.16. The highest BCUT2D eigenvalue weighted by Crippen LogP contribution is 2.32. The molecule has 0 saturated heterocycles. The third-order valence-electron chi connectivity index (χ3n) is 3.84. The standard InChI is InChI=1S/C18H13ClN2O2/c1-21-16(10-20-11-22)17(12-5-3-2-4-6-12)15-9-13(19)7-8-14(15)18(21)23/h2-9H,10H2,1H3. The van der Waals surface area contributed by atoms with E-state index in [1.165, 1.54) is 10.6 Å². The van der Waals surface area contributed by atoms with Crippen LogP contribution in [0.5, 0.6) is 0 Å². The van der Waals surface area contributed by atoms with Crippen molar-refractivity contribution >= 4 is 28.5 Å². The van der Waals surface area contributed by atoms with Crippen LogP contribution in [0.1, 0.15) is 5.69 Å². The molecule has 0 amide bonds. The molecule has 0 N–H and O–H groups in total. The first-order chi connectivity index (χ1) is 11.1. The fourth-order valence-corrected chi connectivity index (χ4v) is 2.93. The summed E-state index contributed by atoms with van der Waals surface area (Å²) in [4.78, 5) is 26.8. The Balaban J connectivity index is 2.50. The molecule has 0 aliphatic rings. The molecule has 4 nitrogen and oxygen atoms in total. The number of hydrogen-bond acceptors (Lipinski definition) is 3. The number of aromatic nitrogens is 1. The topological polar surface area (TPSA) is 51.4 Å². The summed E-state index contributed by atoms with van der Waals surface area (Å²) in [6, 6.07) is 14.9. The Morgan fingerprint density at radius 1 is 1.13 bits per heavy atom. The molecular weight excluding hydrogens is 312 g/mol. The molecule has 1 heterocycles. The second-order valence-electron chi connectivity index (χ2n) is 5.15. The lowest BCUT2D eigenvalue weighted by molar-refractivity contribution is 0.562. The van der Waals surface area contributed by atoms with Gasteiger partial charge in [0.05, 0.1) is 12.2 Å². The Bertz CT molecular complexity index is 987. The Kier molecular flexibility index (Phi) is 4.11. The highest BCUT2D eigenvalue weighted by Gasteiger charge is 2.16. The summed E-state index contributed by atoms with van der Waals surface area (Å²) in [7, 11) is 1.68. The Labute approximate surface area is 137 Å². The van der Waals surface area contributed by atoms with Gasteiger partial charge < -0.3 is 4.57 Å². The van der Waals surface area contributed by atoms with Crippen molar-refractivity contribution in [1.82, 2.24) is 4.57 Å². The summed E-state index contributed by atoms with van der Waals surface area (Å²) in [6.45, 7) is 0.0852. The first-order valence-corrected chi connectivity index (χ1v) is 7.41. The van der Waals surface area contributed by atoms with Crippen molar-refractivity contribution in [2.75, 3.05) is 0 Å². The highest BCUT2D eigenvalue weighted by atomic mass is 35.5. The number of pyridine rings is 1. The molecule has 0 saturated carbocycles. The molecule has 5 heteroatoms. The van der Waals surface area contributed by atoms with Crippen molar-refractivity contribution in [3.63, 3.8) is 0 Å². The molecule has 0 aliphatic carbocycles. The average molecular weight is 325 g/mol. The molecule has 0 fully saturated rings. The number of benzene rings is 2. The maximum atomic E-state index is 12.6. The molecule has 0 unspecified atom stereocenters. The molecule has 1 aromatic heterocycles. The predicted molar refractivity (Wildman–Crippen MR) is 91.5 cm³/mol. The van der Waals surface area contributed by atoms with E-state index in [0.717, 1.165) is 16.5 Å². The van der Waals surface area contributed by atoms with E-state index in [0.29, 0.717) is 16.1 Å².